The Morgan fingerprint density at radius 3 is 2.00 bits per heavy atom. The summed E-state index contributed by atoms with van der Waals surface area (Å²) in [6, 6.07) is 2.35. The monoisotopic (exact) mass is 196 g/mol. The summed E-state index contributed by atoms with van der Waals surface area (Å²) in [6.07, 6.45) is 0. The number of hydrogen-bond acceptors (Lipinski definition) is 1. The van der Waals surface area contributed by atoms with E-state index >= 15 is 0 Å². The van der Waals surface area contributed by atoms with Crippen LogP contribution in [0.2, 0.25) is 0 Å². The van der Waals surface area contributed by atoms with Gasteiger partial charge in [-0.05, 0) is 29.9 Å². The summed E-state index contributed by atoms with van der Waals surface area (Å²) in [6.45, 7) is 13.6. The maximum atomic E-state index is 2.35. The first-order chi connectivity index (χ1) is 5.82. The van der Waals surface area contributed by atoms with E-state index in [4.69, 9.17) is 0 Å². The highest BCUT2D eigenvalue weighted by molar-refractivity contribution is 7.12. The molecule has 0 fully saturated rings. The van der Waals surface area contributed by atoms with Crippen molar-refractivity contribution in [2.45, 2.75) is 52.9 Å². The van der Waals surface area contributed by atoms with Crippen molar-refractivity contribution in [3.8, 4) is 0 Å². The average molecular weight is 196 g/mol. The molecule has 0 unspecified atom stereocenters. The Balaban J connectivity index is 3.10. The largest absolute Gasteiger partial charge is 0.144 e. The molecule has 0 nitrogen and oxygen atoms in total. The van der Waals surface area contributed by atoms with Crippen LogP contribution in [0.15, 0.2) is 6.07 Å². The van der Waals surface area contributed by atoms with E-state index in [1.165, 1.54) is 10.4 Å². The summed E-state index contributed by atoms with van der Waals surface area (Å²) in [5, 5.41) is 0. The summed E-state index contributed by atoms with van der Waals surface area (Å²) in [4.78, 5) is 3.05. The van der Waals surface area contributed by atoms with E-state index < -0.39 is 0 Å². The average Bonchev–Trinajstić information content (AvgIpc) is 2.29. The first kappa shape index (κ1) is 10.8. The SMILES string of the molecule is Cc1cc(C(C)(C)C)sc1C(C)C. The van der Waals surface area contributed by atoms with Gasteiger partial charge in [0.2, 0.25) is 0 Å². The Morgan fingerprint density at radius 1 is 1.23 bits per heavy atom. The van der Waals surface area contributed by atoms with E-state index in [0.717, 1.165) is 0 Å². The van der Waals surface area contributed by atoms with Gasteiger partial charge in [0, 0.05) is 9.75 Å². The van der Waals surface area contributed by atoms with Gasteiger partial charge in [-0.1, -0.05) is 34.6 Å². The maximum absolute atomic E-state index is 2.35. The van der Waals surface area contributed by atoms with Gasteiger partial charge in [0.05, 0.1) is 0 Å². The van der Waals surface area contributed by atoms with Crippen LogP contribution in [0.4, 0.5) is 0 Å². The zero-order valence-electron chi connectivity index (χ0n) is 9.56. The fourth-order valence-electron chi connectivity index (χ4n) is 1.44. The van der Waals surface area contributed by atoms with E-state index in [-0.39, 0.29) is 0 Å². The molecule has 13 heavy (non-hydrogen) atoms. The van der Waals surface area contributed by atoms with Crippen molar-refractivity contribution in [2.75, 3.05) is 0 Å². The van der Waals surface area contributed by atoms with Gasteiger partial charge in [-0.25, -0.2) is 0 Å². The predicted molar refractivity (Wildman–Crippen MR) is 61.8 cm³/mol. The van der Waals surface area contributed by atoms with Crippen molar-refractivity contribution in [2.24, 2.45) is 0 Å². The van der Waals surface area contributed by atoms with Gasteiger partial charge in [-0.15, -0.1) is 11.3 Å². The highest BCUT2D eigenvalue weighted by atomic mass is 32.1. The van der Waals surface area contributed by atoms with Crippen molar-refractivity contribution >= 4 is 11.3 Å². The maximum Gasteiger partial charge on any atom is 0.0105 e. The van der Waals surface area contributed by atoms with E-state index in [0.29, 0.717) is 11.3 Å². The molecule has 0 bridgehead atoms. The number of rotatable bonds is 1. The Hall–Kier alpha value is -0.300. The molecule has 1 heteroatoms. The van der Waals surface area contributed by atoms with Gasteiger partial charge in [0.25, 0.3) is 0 Å². The van der Waals surface area contributed by atoms with Gasteiger partial charge < -0.3 is 0 Å². The van der Waals surface area contributed by atoms with Crippen LogP contribution in [0.1, 0.15) is 55.9 Å². The summed E-state index contributed by atoms with van der Waals surface area (Å²) in [5.74, 6) is 0.668. The first-order valence-corrected chi connectivity index (χ1v) is 5.75. The fourth-order valence-corrected chi connectivity index (χ4v) is 2.67. The molecule has 0 atom stereocenters. The minimum atomic E-state index is 0.308. The molecule has 1 rings (SSSR count). The molecule has 1 heterocycles. The molecule has 0 spiro atoms. The number of thiophene rings is 1. The summed E-state index contributed by atoms with van der Waals surface area (Å²) < 4.78 is 0. The highest BCUT2D eigenvalue weighted by Crippen LogP contribution is 2.35. The fraction of sp³-hybridized carbons (Fsp3) is 0.667. The lowest BCUT2D eigenvalue weighted by atomic mass is 9.94. The minimum Gasteiger partial charge on any atom is -0.144 e. The summed E-state index contributed by atoms with van der Waals surface area (Å²) in [7, 11) is 0. The normalized spacial score (nSPS) is 12.5. The lowest BCUT2D eigenvalue weighted by Gasteiger charge is -2.15. The molecule has 0 aliphatic carbocycles. The Morgan fingerprint density at radius 2 is 1.77 bits per heavy atom. The van der Waals surface area contributed by atoms with Crippen molar-refractivity contribution in [1.29, 1.82) is 0 Å². The highest BCUT2D eigenvalue weighted by Gasteiger charge is 2.18. The van der Waals surface area contributed by atoms with Crippen LogP contribution < -0.4 is 0 Å². The molecule has 0 aromatic carbocycles. The van der Waals surface area contributed by atoms with Crippen LogP contribution in [-0.4, -0.2) is 0 Å². The van der Waals surface area contributed by atoms with Crippen molar-refractivity contribution in [3.63, 3.8) is 0 Å². The topological polar surface area (TPSA) is 0 Å². The molecule has 0 amide bonds. The quantitative estimate of drug-likeness (QED) is 0.621. The third kappa shape index (κ3) is 2.34. The van der Waals surface area contributed by atoms with Crippen LogP contribution in [0.3, 0.4) is 0 Å². The number of hydrogen-bond donors (Lipinski definition) is 0. The summed E-state index contributed by atoms with van der Waals surface area (Å²) >= 11 is 1.97. The molecule has 0 saturated carbocycles. The van der Waals surface area contributed by atoms with Crippen LogP contribution in [0, 0.1) is 6.92 Å². The second-order valence-electron chi connectivity index (χ2n) is 5.06. The zero-order valence-corrected chi connectivity index (χ0v) is 10.4. The molecule has 1 aromatic heterocycles. The van der Waals surface area contributed by atoms with Crippen molar-refractivity contribution in [1.82, 2.24) is 0 Å². The van der Waals surface area contributed by atoms with Gasteiger partial charge in [0.15, 0.2) is 0 Å². The van der Waals surface area contributed by atoms with Gasteiger partial charge >= 0.3 is 0 Å². The molecule has 1 aromatic rings. The number of aryl methyl sites for hydroxylation is 1. The first-order valence-electron chi connectivity index (χ1n) is 4.93. The third-order valence-electron chi connectivity index (χ3n) is 2.22. The molecule has 74 valence electrons. The Kier molecular flexibility index (Phi) is 2.86. The van der Waals surface area contributed by atoms with Crippen LogP contribution in [0.5, 0.6) is 0 Å². The van der Waals surface area contributed by atoms with E-state index in [2.05, 4.69) is 47.6 Å². The molecular weight excluding hydrogens is 176 g/mol. The zero-order chi connectivity index (χ0) is 10.2. The Labute approximate surface area is 86.0 Å². The predicted octanol–water partition coefficient (Wildman–Crippen LogP) is 4.48. The van der Waals surface area contributed by atoms with Crippen LogP contribution in [-0.2, 0) is 5.41 Å². The van der Waals surface area contributed by atoms with Crippen molar-refractivity contribution in [3.05, 3.63) is 21.4 Å². The second kappa shape index (κ2) is 3.45. The van der Waals surface area contributed by atoms with Gasteiger partial charge in [-0.2, -0.15) is 0 Å². The molecule has 0 saturated heterocycles. The second-order valence-corrected chi connectivity index (χ2v) is 6.15. The molecular formula is C12H20S. The molecule has 0 aliphatic heterocycles. The molecule has 0 N–H and O–H groups in total. The van der Waals surface area contributed by atoms with E-state index in [1.54, 1.807) is 4.88 Å². The van der Waals surface area contributed by atoms with Crippen molar-refractivity contribution < 1.29 is 0 Å². The van der Waals surface area contributed by atoms with E-state index in [9.17, 15) is 0 Å². The lowest BCUT2D eigenvalue weighted by molar-refractivity contribution is 0.603. The van der Waals surface area contributed by atoms with Crippen LogP contribution >= 0.6 is 11.3 Å². The third-order valence-corrected chi connectivity index (χ3v) is 4.18. The van der Waals surface area contributed by atoms with Gasteiger partial charge in [0.1, 0.15) is 0 Å². The van der Waals surface area contributed by atoms with E-state index in [1.807, 2.05) is 11.3 Å². The molecule has 0 radical (unpaired) electrons. The lowest BCUT2D eigenvalue weighted by Crippen LogP contribution is -2.07. The summed E-state index contributed by atoms with van der Waals surface area (Å²) in [5.41, 5.74) is 1.77. The Bertz CT molecular complexity index is 287. The molecule has 0 aliphatic rings. The van der Waals surface area contributed by atoms with Crippen LogP contribution in [0.25, 0.3) is 0 Å². The smallest absolute Gasteiger partial charge is 0.0105 e. The minimum absolute atomic E-state index is 0.308. The standard InChI is InChI=1S/C12H20S/c1-8(2)11-9(3)7-10(13-11)12(4,5)6/h7-8H,1-6H3. The van der Waals surface area contributed by atoms with Gasteiger partial charge in [-0.3, -0.25) is 0 Å².